The van der Waals surface area contributed by atoms with Crippen LogP contribution in [-0.4, -0.2) is 16.6 Å². The molecule has 0 aromatic carbocycles. The molecular formula is C12H16F2O. The molecule has 15 heavy (non-hydrogen) atoms. The van der Waals surface area contributed by atoms with Crippen molar-refractivity contribution in [3.8, 4) is 0 Å². The highest BCUT2D eigenvalue weighted by Crippen LogP contribution is 2.72. The Morgan fingerprint density at radius 1 is 1.13 bits per heavy atom. The van der Waals surface area contributed by atoms with Gasteiger partial charge in [-0.3, -0.25) is 0 Å². The van der Waals surface area contributed by atoms with E-state index in [1.807, 2.05) is 0 Å². The Labute approximate surface area is 88.2 Å². The summed E-state index contributed by atoms with van der Waals surface area (Å²) in [4.78, 5) is 0. The van der Waals surface area contributed by atoms with Crippen molar-refractivity contribution in [2.75, 3.05) is 0 Å². The van der Waals surface area contributed by atoms with Crippen molar-refractivity contribution in [2.24, 2.45) is 11.3 Å². The molecule has 0 heterocycles. The van der Waals surface area contributed by atoms with Crippen LogP contribution in [0.4, 0.5) is 8.78 Å². The van der Waals surface area contributed by atoms with Gasteiger partial charge in [-0.15, -0.1) is 0 Å². The van der Waals surface area contributed by atoms with Crippen molar-refractivity contribution < 1.29 is 13.9 Å². The molecule has 0 amide bonds. The van der Waals surface area contributed by atoms with Crippen molar-refractivity contribution in [2.45, 2.75) is 50.0 Å². The first-order valence-electron chi connectivity index (χ1n) is 5.74. The van der Waals surface area contributed by atoms with Crippen LogP contribution in [0.3, 0.4) is 0 Å². The van der Waals surface area contributed by atoms with Crippen LogP contribution in [-0.2, 0) is 0 Å². The molecular weight excluding hydrogens is 198 g/mol. The summed E-state index contributed by atoms with van der Waals surface area (Å²) in [6.45, 7) is 0. The van der Waals surface area contributed by atoms with E-state index in [0.29, 0.717) is 17.8 Å². The van der Waals surface area contributed by atoms with E-state index in [2.05, 4.69) is 0 Å². The van der Waals surface area contributed by atoms with Gasteiger partial charge in [0.25, 0.3) is 5.92 Å². The summed E-state index contributed by atoms with van der Waals surface area (Å²) >= 11 is 0. The summed E-state index contributed by atoms with van der Waals surface area (Å²) in [7, 11) is 0. The Hall–Kier alpha value is -0.440. The number of rotatable bonds is 2. The van der Waals surface area contributed by atoms with E-state index in [1.54, 1.807) is 0 Å². The van der Waals surface area contributed by atoms with Gasteiger partial charge in [0.2, 0.25) is 0 Å². The maximum absolute atomic E-state index is 12.9. The molecule has 2 unspecified atom stereocenters. The number of hydrogen-bond donors (Lipinski definition) is 1. The van der Waals surface area contributed by atoms with Crippen LogP contribution in [0.5, 0.6) is 0 Å². The third-order valence-electron chi connectivity index (χ3n) is 4.38. The Morgan fingerprint density at radius 2 is 1.87 bits per heavy atom. The molecule has 84 valence electrons. The number of alkyl halides is 2. The minimum absolute atomic E-state index is 0.209. The monoisotopic (exact) mass is 214 g/mol. The lowest BCUT2D eigenvalue weighted by Crippen LogP contribution is -2.34. The molecule has 0 aromatic heterocycles. The van der Waals surface area contributed by atoms with Crippen LogP contribution in [0.25, 0.3) is 0 Å². The molecule has 3 aliphatic rings. The van der Waals surface area contributed by atoms with Gasteiger partial charge in [-0.05, 0) is 49.5 Å². The predicted molar refractivity (Wildman–Crippen MR) is 52.7 cm³/mol. The summed E-state index contributed by atoms with van der Waals surface area (Å²) in [5, 5.41) is 10.2. The fourth-order valence-electron chi connectivity index (χ4n) is 2.92. The fraction of sp³-hybridized carbons (Fsp3) is 0.833. The third-order valence-corrected chi connectivity index (χ3v) is 4.38. The number of halogens is 2. The number of hydrogen-bond acceptors (Lipinski definition) is 1. The third kappa shape index (κ3) is 1.71. The summed E-state index contributed by atoms with van der Waals surface area (Å²) in [5.41, 5.74) is -0.401. The van der Waals surface area contributed by atoms with Gasteiger partial charge in [0.1, 0.15) is 0 Å². The average molecular weight is 214 g/mol. The van der Waals surface area contributed by atoms with Crippen LogP contribution in [0.1, 0.15) is 38.5 Å². The van der Waals surface area contributed by atoms with Crippen LogP contribution in [0, 0.1) is 11.3 Å². The molecule has 0 aromatic rings. The van der Waals surface area contributed by atoms with E-state index in [9.17, 15) is 13.9 Å². The Balaban J connectivity index is 1.65. The molecule has 0 radical (unpaired) electrons. The highest BCUT2D eigenvalue weighted by molar-refractivity contribution is 5.18. The maximum Gasteiger partial charge on any atom is 0.266 e. The van der Waals surface area contributed by atoms with E-state index in [0.717, 1.165) is 6.08 Å². The zero-order chi connectivity index (χ0) is 10.7. The first-order valence-corrected chi connectivity index (χ1v) is 5.74. The lowest BCUT2D eigenvalue weighted by molar-refractivity contribution is -0.0176. The van der Waals surface area contributed by atoms with E-state index >= 15 is 0 Å². The van der Waals surface area contributed by atoms with Gasteiger partial charge in [0.15, 0.2) is 0 Å². The Morgan fingerprint density at radius 3 is 2.33 bits per heavy atom. The second kappa shape index (κ2) is 2.62. The first-order chi connectivity index (χ1) is 6.93. The molecule has 2 saturated carbocycles. The highest BCUT2D eigenvalue weighted by Gasteiger charge is 2.63. The standard InChI is InChI=1S/C12H16F2O/c13-12(14)5-3-11(15,4-6-12)8-9-7-10(9)1-2-10/h3,5,9,15H,1-2,4,6-8H2. The van der Waals surface area contributed by atoms with Gasteiger partial charge >= 0.3 is 0 Å². The van der Waals surface area contributed by atoms with Crippen LogP contribution >= 0.6 is 0 Å². The number of aliphatic hydroxyl groups is 1. The summed E-state index contributed by atoms with van der Waals surface area (Å²) < 4.78 is 25.7. The van der Waals surface area contributed by atoms with Crippen LogP contribution < -0.4 is 0 Å². The van der Waals surface area contributed by atoms with Crippen molar-refractivity contribution in [1.29, 1.82) is 0 Å². The fourth-order valence-corrected chi connectivity index (χ4v) is 2.92. The van der Waals surface area contributed by atoms with Crippen molar-refractivity contribution >= 4 is 0 Å². The zero-order valence-electron chi connectivity index (χ0n) is 8.68. The number of allylic oxidation sites excluding steroid dienone is 1. The largest absolute Gasteiger partial charge is 0.386 e. The quantitative estimate of drug-likeness (QED) is 0.701. The molecule has 3 aliphatic carbocycles. The van der Waals surface area contributed by atoms with Crippen molar-refractivity contribution in [1.82, 2.24) is 0 Å². The molecule has 2 fully saturated rings. The topological polar surface area (TPSA) is 20.2 Å². The molecule has 1 N–H and O–H groups in total. The first kappa shape index (κ1) is 9.76. The van der Waals surface area contributed by atoms with Crippen molar-refractivity contribution in [3.63, 3.8) is 0 Å². The van der Waals surface area contributed by atoms with Crippen LogP contribution in [0.2, 0.25) is 0 Å². The Bertz CT molecular complexity index is 320. The summed E-state index contributed by atoms with van der Waals surface area (Å²) in [5.74, 6) is -2.11. The summed E-state index contributed by atoms with van der Waals surface area (Å²) in [6, 6.07) is 0. The zero-order valence-corrected chi connectivity index (χ0v) is 8.68. The van der Waals surface area contributed by atoms with E-state index in [4.69, 9.17) is 0 Å². The minimum Gasteiger partial charge on any atom is -0.386 e. The van der Waals surface area contributed by atoms with E-state index < -0.39 is 11.5 Å². The van der Waals surface area contributed by atoms with E-state index in [1.165, 1.54) is 25.3 Å². The molecule has 3 heteroatoms. The second-order valence-electron chi connectivity index (χ2n) is 5.67. The SMILES string of the molecule is OC1(CC2CC23CC3)C=CC(F)(F)CC1. The minimum atomic E-state index is -2.70. The molecule has 3 rings (SSSR count). The average Bonchev–Trinajstić information content (AvgIpc) is 3.03. The highest BCUT2D eigenvalue weighted by atomic mass is 19.3. The van der Waals surface area contributed by atoms with Gasteiger partial charge in [-0.2, -0.15) is 0 Å². The second-order valence-corrected chi connectivity index (χ2v) is 5.67. The molecule has 0 aliphatic heterocycles. The molecule has 1 spiro atoms. The predicted octanol–water partition coefficient (Wildman–Crippen LogP) is 2.89. The molecule has 0 saturated heterocycles. The molecule has 2 atom stereocenters. The lowest BCUT2D eigenvalue weighted by atomic mass is 9.84. The molecule has 1 nitrogen and oxygen atoms in total. The molecule has 0 bridgehead atoms. The normalized spacial score (nSPS) is 44.3. The van der Waals surface area contributed by atoms with E-state index in [-0.39, 0.29) is 12.8 Å². The summed E-state index contributed by atoms with van der Waals surface area (Å²) in [6.07, 6.45) is 6.70. The van der Waals surface area contributed by atoms with Gasteiger partial charge in [-0.25, -0.2) is 8.78 Å². The van der Waals surface area contributed by atoms with Gasteiger partial charge in [-0.1, -0.05) is 6.08 Å². The maximum atomic E-state index is 12.9. The van der Waals surface area contributed by atoms with Crippen molar-refractivity contribution in [3.05, 3.63) is 12.2 Å². The van der Waals surface area contributed by atoms with Gasteiger partial charge < -0.3 is 5.11 Å². The smallest absolute Gasteiger partial charge is 0.266 e. The van der Waals surface area contributed by atoms with Crippen LogP contribution in [0.15, 0.2) is 12.2 Å². The van der Waals surface area contributed by atoms with Gasteiger partial charge in [0.05, 0.1) is 5.60 Å². The Kier molecular flexibility index (Phi) is 1.71. The van der Waals surface area contributed by atoms with Gasteiger partial charge in [0, 0.05) is 6.42 Å². The lowest BCUT2D eigenvalue weighted by Gasteiger charge is -2.31.